The Morgan fingerprint density at radius 3 is 2.59 bits per heavy atom. The maximum absolute atomic E-state index is 10.7. The van der Waals surface area contributed by atoms with E-state index in [1.54, 1.807) is 24.0 Å². The van der Waals surface area contributed by atoms with Gasteiger partial charge in [-0.15, -0.1) is 0 Å². The van der Waals surface area contributed by atoms with Gasteiger partial charge in [0.1, 0.15) is 24.1 Å². The number of halogens is 2. The van der Waals surface area contributed by atoms with E-state index >= 15 is 0 Å². The summed E-state index contributed by atoms with van der Waals surface area (Å²) in [4.78, 5) is 20.8. The van der Waals surface area contributed by atoms with Gasteiger partial charge < -0.3 is 19.8 Å². The van der Waals surface area contributed by atoms with Gasteiger partial charge in [-0.1, -0.05) is 54.9 Å². The molecule has 170 valence electrons. The highest BCUT2D eigenvalue weighted by atomic mass is 35.5. The molecule has 32 heavy (non-hydrogen) atoms. The number of nitrogens with zero attached hydrogens (tertiary/aromatic N) is 3. The van der Waals surface area contributed by atoms with Crippen LogP contribution in [0, 0.1) is 0 Å². The van der Waals surface area contributed by atoms with Crippen molar-refractivity contribution in [1.82, 2.24) is 14.5 Å². The highest BCUT2D eigenvalue weighted by Crippen LogP contribution is 2.37. The van der Waals surface area contributed by atoms with Crippen LogP contribution in [-0.4, -0.2) is 33.8 Å². The summed E-state index contributed by atoms with van der Waals surface area (Å²) in [5.74, 6) is 0.937. The molecule has 10 heteroatoms. The van der Waals surface area contributed by atoms with Gasteiger partial charge >= 0.3 is 6.09 Å². The molecule has 3 aromatic rings. The fourth-order valence-electron chi connectivity index (χ4n) is 3.00. The van der Waals surface area contributed by atoms with Crippen LogP contribution in [0.15, 0.2) is 52.6 Å². The van der Waals surface area contributed by atoms with E-state index in [9.17, 15) is 4.79 Å². The molecular formula is C22H24Cl2N4O3S. The lowest BCUT2D eigenvalue weighted by atomic mass is 10.1. The Labute approximate surface area is 201 Å². The van der Waals surface area contributed by atoms with E-state index in [2.05, 4.69) is 23.4 Å². The summed E-state index contributed by atoms with van der Waals surface area (Å²) in [6, 6.07) is 9.37. The van der Waals surface area contributed by atoms with Gasteiger partial charge in [-0.25, -0.2) is 9.78 Å². The standard InChI is InChI=1S/C22H24Cl2N4O3S/c1-14(2)20-21(32-18-9-16(23)8-17(24)10-18)28(12-15-4-3-5-26-11-15)19(27-20)13-30-6-7-31-22(25)29/h3-5,8-11,14H,6-7,12-13H2,1-2H3,(H2,25,29). The number of aromatic nitrogens is 3. The minimum absolute atomic E-state index is 0.0817. The van der Waals surface area contributed by atoms with Crippen LogP contribution in [0.5, 0.6) is 0 Å². The van der Waals surface area contributed by atoms with Crippen molar-refractivity contribution in [2.24, 2.45) is 5.73 Å². The Bertz CT molecular complexity index is 1040. The van der Waals surface area contributed by atoms with Crippen molar-refractivity contribution in [3.63, 3.8) is 0 Å². The Hall–Kier alpha value is -2.26. The van der Waals surface area contributed by atoms with Gasteiger partial charge in [0.25, 0.3) is 0 Å². The summed E-state index contributed by atoms with van der Waals surface area (Å²) >= 11 is 14.0. The number of nitrogens with two attached hydrogens (primary N) is 1. The summed E-state index contributed by atoms with van der Waals surface area (Å²) in [6.45, 7) is 5.30. The highest BCUT2D eigenvalue weighted by Gasteiger charge is 2.21. The highest BCUT2D eigenvalue weighted by molar-refractivity contribution is 7.99. The average molecular weight is 495 g/mol. The lowest BCUT2D eigenvalue weighted by Crippen LogP contribution is -2.17. The molecule has 0 aliphatic heterocycles. The second-order valence-electron chi connectivity index (χ2n) is 7.25. The third kappa shape index (κ3) is 6.87. The summed E-state index contributed by atoms with van der Waals surface area (Å²) < 4.78 is 12.5. The molecule has 2 heterocycles. The predicted octanol–water partition coefficient (Wildman–Crippen LogP) is 5.52. The van der Waals surface area contributed by atoms with E-state index in [0.717, 1.165) is 27.0 Å². The van der Waals surface area contributed by atoms with Gasteiger partial charge in [-0.05, 0) is 35.7 Å². The van der Waals surface area contributed by atoms with E-state index in [-0.39, 0.29) is 25.7 Å². The Morgan fingerprint density at radius 2 is 1.97 bits per heavy atom. The molecule has 0 spiro atoms. The lowest BCUT2D eigenvalue weighted by molar-refractivity contribution is 0.0637. The third-order valence-electron chi connectivity index (χ3n) is 4.39. The number of hydrogen-bond acceptors (Lipinski definition) is 6. The van der Waals surface area contributed by atoms with E-state index in [4.69, 9.17) is 43.4 Å². The smallest absolute Gasteiger partial charge is 0.404 e. The zero-order valence-corrected chi connectivity index (χ0v) is 20.1. The first-order valence-corrected chi connectivity index (χ1v) is 11.5. The summed E-state index contributed by atoms with van der Waals surface area (Å²) in [6.07, 6.45) is 2.74. The van der Waals surface area contributed by atoms with Crippen molar-refractivity contribution < 1.29 is 14.3 Å². The van der Waals surface area contributed by atoms with Crippen molar-refractivity contribution in [3.8, 4) is 0 Å². The SMILES string of the molecule is CC(C)c1nc(COCCOC(N)=O)n(Cc2cccnc2)c1Sc1cc(Cl)cc(Cl)c1. The van der Waals surface area contributed by atoms with Crippen molar-refractivity contribution in [2.45, 2.75) is 42.8 Å². The molecular weight excluding hydrogens is 471 g/mol. The minimum Gasteiger partial charge on any atom is -0.447 e. The number of hydrogen-bond donors (Lipinski definition) is 1. The van der Waals surface area contributed by atoms with Crippen LogP contribution in [0.4, 0.5) is 4.79 Å². The molecule has 0 radical (unpaired) electrons. The fourth-order valence-corrected chi connectivity index (χ4v) is 4.91. The first-order chi connectivity index (χ1) is 15.3. The average Bonchev–Trinajstić information content (AvgIpc) is 3.05. The van der Waals surface area contributed by atoms with Crippen LogP contribution in [-0.2, 0) is 22.6 Å². The number of carbonyl (C=O) groups excluding carboxylic acids is 1. The summed E-state index contributed by atoms with van der Waals surface area (Å²) in [7, 11) is 0. The van der Waals surface area contributed by atoms with Crippen molar-refractivity contribution in [1.29, 1.82) is 0 Å². The number of imidazole rings is 1. The molecule has 0 unspecified atom stereocenters. The molecule has 0 aliphatic rings. The number of ether oxygens (including phenoxy) is 2. The number of primary amides is 1. The largest absolute Gasteiger partial charge is 0.447 e. The predicted molar refractivity (Wildman–Crippen MR) is 125 cm³/mol. The topological polar surface area (TPSA) is 92.3 Å². The van der Waals surface area contributed by atoms with Gasteiger partial charge in [0, 0.05) is 27.3 Å². The molecule has 0 saturated heterocycles. The zero-order chi connectivity index (χ0) is 23.1. The second kappa shape index (κ2) is 11.6. The van der Waals surface area contributed by atoms with Crippen LogP contribution in [0.1, 0.15) is 36.8 Å². The van der Waals surface area contributed by atoms with Crippen molar-refractivity contribution in [3.05, 3.63) is 69.9 Å². The van der Waals surface area contributed by atoms with E-state index in [1.807, 2.05) is 30.5 Å². The maximum atomic E-state index is 10.7. The van der Waals surface area contributed by atoms with Crippen LogP contribution >= 0.6 is 35.0 Å². The Kier molecular flexibility index (Phi) is 8.81. The molecule has 1 aromatic carbocycles. The summed E-state index contributed by atoms with van der Waals surface area (Å²) in [5.41, 5.74) is 6.96. The third-order valence-corrected chi connectivity index (χ3v) is 5.92. The Morgan fingerprint density at radius 1 is 1.22 bits per heavy atom. The molecule has 0 fully saturated rings. The van der Waals surface area contributed by atoms with E-state index in [0.29, 0.717) is 16.6 Å². The normalized spacial score (nSPS) is 11.2. The molecule has 0 aliphatic carbocycles. The first kappa shape index (κ1) is 24.4. The number of benzene rings is 1. The molecule has 7 nitrogen and oxygen atoms in total. The second-order valence-corrected chi connectivity index (χ2v) is 9.18. The molecule has 0 bridgehead atoms. The molecule has 0 saturated carbocycles. The number of amides is 1. The van der Waals surface area contributed by atoms with E-state index < -0.39 is 6.09 Å². The molecule has 2 aromatic heterocycles. The fraction of sp³-hybridized carbons (Fsp3) is 0.318. The number of carbonyl (C=O) groups is 1. The zero-order valence-electron chi connectivity index (χ0n) is 17.8. The van der Waals surface area contributed by atoms with Gasteiger partial charge in [-0.3, -0.25) is 4.98 Å². The van der Waals surface area contributed by atoms with Gasteiger partial charge in [0.2, 0.25) is 0 Å². The molecule has 0 atom stereocenters. The van der Waals surface area contributed by atoms with Gasteiger partial charge in [0.05, 0.1) is 18.8 Å². The van der Waals surface area contributed by atoms with Gasteiger partial charge in [0.15, 0.2) is 0 Å². The molecule has 3 rings (SSSR count). The summed E-state index contributed by atoms with van der Waals surface area (Å²) in [5, 5.41) is 2.12. The number of pyridine rings is 1. The van der Waals surface area contributed by atoms with Crippen LogP contribution in [0.25, 0.3) is 0 Å². The van der Waals surface area contributed by atoms with Crippen molar-refractivity contribution in [2.75, 3.05) is 13.2 Å². The Balaban J connectivity index is 1.94. The molecule has 1 amide bonds. The first-order valence-electron chi connectivity index (χ1n) is 9.95. The lowest BCUT2D eigenvalue weighted by Gasteiger charge is -2.14. The van der Waals surface area contributed by atoms with Crippen molar-refractivity contribution >= 4 is 41.1 Å². The van der Waals surface area contributed by atoms with Crippen LogP contribution in [0.3, 0.4) is 0 Å². The van der Waals surface area contributed by atoms with Gasteiger partial charge in [-0.2, -0.15) is 0 Å². The van der Waals surface area contributed by atoms with Crippen LogP contribution < -0.4 is 5.73 Å². The van der Waals surface area contributed by atoms with Crippen LogP contribution in [0.2, 0.25) is 10.0 Å². The minimum atomic E-state index is -0.826. The quantitative estimate of drug-likeness (QED) is 0.373. The number of rotatable bonds is 10. The van der Waals surface area contributed by atoms with E-state index in [1.165, 1.54) is 0 Å². The maximum Gasteiger partial charge on any atom is 0.404 e. The molecule has 2 N–H and O–H groups in total. The monoisotopic (exact) mass is 494 g/mol.